The van der Waals surface area contributed by atoms with Gasteiger partial charge in [-0.15, -0.1) is 5.10 Å². The SMILES string of the molecule is CCC(C)S(=O)(=O)c1ncn(C(=O)N(C)COC)n1. The molecule has 0 saturated carbocycles. The van der Waals surface area contributed by atoms with Crippen LogP contribution in [-0.4, -0.2) is 60.3 Å². The van der Waals surface area contributed by atoms with E-state index in [1.54, 1.807) is 13.8 Å². The summed E-state index contributed by atoms with van der Waals surface area (Å²) in [5, 5.41) is 2.80. The maximum Gasteiger partial charge on any atom is 0.347 e. The number of nitrogens with zero attached hydrogens (tertiary/aromatic N) is 4. The number of hydrogen-bond donors (Lipinski definition) is 0. The van der Waals surface area contributed by atoms with Crippen LogP contribution >= 0.6 is 0 Å². The molecule has 0 fully saturated rings. The van der Waals surface area contributed by atoms with Gasteiger partial charge in [-0.2, -0.15) is 4.68 Å². The molecular weight excluding hydrogens is 272 g/mol. The average Bonchev–Trinajstić information content (AvgIpc) is 2.87. The van der Waals surface area contributed by atoms with Gasteiger partial charge in [0.05, 0.1) is 5.25 Å². The molecule has 0 radical (unpaired) electrons. The van der Waals surface area contributed by atoms with Crippen LogP contribution in [0.25, 0.3) is 0 Å². The van der Waals surface area contributed by atoms with E-state index < -0.39 is 21.1 Å². The third-order valence-corrected chi connectivity index (χ3v) is 4.76. The fourth-order valence-corrected chi connectivity index (χ4v) is 2.49. The van der Waals surface area contributed by atoms with Crippen LogP contribution in [0.15, 0.2) is 11.5 Å². The molecule has 1 amide bonds. The zero-order valence-corrected chi connectivity index (χ0v) is 12.2. The predicted octanol–water partition coefficient (Wildman–Crippen LogP) is 0.354. The van der Waals surface area contributed by atoms with Crippen LogP contribution in [0, 0.1) is 0 Å². The highest BCUT2D eigenvalue weighted by atomic mass is 32.2. The van der Waals surface area contributed by atoms with E-state index in [9.17, 15) is 13.2 Å². The van der Waals surface area contributed by atoms with Crippen molar-refractivity contribution in [2.24, 2.45) is 0 Å². The summed E-state index contributed by atoms with van der Waals surface area (Å²) in [5.74, 6) is 0. The Hall–Kier alpha value is -1.48. The smallest absolute Gasteiger partial charge is 0.347 e. The summed E-state index contributed by atoms with van der Waals surface area (Å²) in [4.78, 5) is 16.8. The van der Waals surface area contributed by atoms with E-state index in [4.69, 9.17) is 4.74 Å². The maximum absolute atomic E-state index is 12.0. The van der Waals surface area contributed by atoms with Crippen molar-refractivity contribution in [2.75, 3.05) is 20.9 Å². The Morgan fingerprint density at radius 1 is 1.58 bits per heavy atom. The van der Waals surface area contributed by atoms with Gasteiger partial charge >= 0.3 is 6.03 Å². The highest BCUT2D eigenvalue weighted by molar-refractivity contribution is 7.91. The quantitative estimate of drug-likeness (QED) is 0.726. The molecular formula is C10H18N4O4S. The Balaban J connectivity index is 2.98. The number of carbonyl (C=O) groups is 1. The first kappa shape index (κ1) is 15.6. The summed E-state index contributed by atoms with van der Waals surface area (Å²) in [7, 11) is -0.626. The van der Waals surface area contributed by atoms with E-state index in [0.29, 0.717) is 6.42 Å². The highest BCUT2D eigenvalue weighted by Gasteiger charge is 2.27. The molecule has 1 atom stereocenters. The zero-order valence-electron chi connectivity index (χ0n) is 11.4. The van der Waals surface area contributed by atoms with E-state index in [0.717, 1.165) is 11.0 Å². The molecule has 0 aliphatic heterocycles. The monoisotopic (exact) mass is 290 g/mol. The number of ether oxygens (including phenoxy) is 1. The molecule has 9 heteroatoms. The molecule has 0 aliphatic carbocycles. The van der Waals surface area contributed by atoms with Gasteiger partial charge < -0.3 is 9.64 Å². The van der Waals surface area contributed by atoms with E-state index in [1.807, 2.05) is 0 Å². The molecule has 1 aromatic rings. The molecule has 1 aromatic heterocycles. The summed E-state index contributed by atoms with van der Waals surface area (Å²) >= 11 is 0. The second-order valence-corrected chi connectivity index (χ2v) is 6.39. The Morgan fingerprint density at radius 3 is 2.74 bits per heavy atom. The minimum atomic E-state index is -3.58. The molecule has 108 valence electrons. The summed E-state index contributed by atoms with van der Waals surface area (Å²) in [6, 6.07) is -0.514. The molecule has 8 nitrogen and oxygen atoms in total. The minimum Gasteiger partial charge on any atom is -0.364 e. The second kappa shape index (κ2) is 6.11. The lowest BCUT2D eigenvalue weighted by Crippen LogP contribution is -2.33. The van der Waals surface area contributed by atoms with Gasteiger partial charge in [0.2, 0.25) is 9.84 Å². The van der Waals surface area contributed by atoms with Gasteiger partial charge in [0.25, 0.3) is 5.16 Å². The van der Waals surface area contributed by atoms with Crippen molar-refractivity contribution in [3.05, 3.63) is 6.33 Å². The number of methoxy groups -OCH3 is 1. The third kappa shape index (κ3) is 3.29. The number of sulfone groups is 1. The molecule has 1 unspecified atom stereocenters. The van der Waals surface area contributed by atoms with Crippen molar-refractivity contribution >= 4 is 15.9 Å². The Bertz CT molecular complexity index is 539. The maximum atomic E-state index is 12.0. The lowest BCUT2D eigenvalue weighted by atomic mass is 10.4. The van der Waals surface area contributed by atoms with E-state index in [2.05, 4.69) is 10.1 Å². The van der Waals surface area contributed by atoms with Crippen molar-refractivity contribution in [3.8, 4) is 0 Å². The van der Waals surface area contributed by atoms with Gasteiger partial charge in [-0.25, -0.2) is 18.2 Å². The first-order chi connectivity index (χ1) is 8.84. The fraction of sp³-hybridized carbons (Fsp3) is 0.700. The summed E-state index contributed by atoms with van der Waals surface area (Å²) in [6.45, 7) is 3.41. The van der Waals surface area contributed by atoms with Crippen molar-refractivity contribution in [1.29, 1.82) is 0 Å². The normalized spacial score (nSPS) is 13.3. The minimum absolute atomic E-state index is 0.0755. The van der Waals surface area contributed by atoms with Gasteiger partial charge in [0, 0.05) is 14.2 Å². The zero-order chi connectivity index (χ0) is 14.6. The summed E-state index contributed by atoms with van der Waals surface area (Å²) in [5.41, 5.74) is 0. The van der Waals surface area contributed by atoms with E-state index in [1.165, 1.54) is 19.1 Å². The number of hydrogen-bond acceptors (Lipinski definition) is 6. The van der Waals surface area contributed by atoms with Crippen molar-refractivity contribution < 1.29 is 17.9 Å². The van der Waals surface area contributed by atoms with Gasteiger partial charge in [-0.1, -0.05) is 6.92 Å². The Labute approximate surface area is 112 Å². The lowest BCUT2D eigenvalue weighted by molar-refractivity contribution is 0.0967. The molecule has 1 rings (SSSR count). The van der Waals surface area contributed by atoms with Crippen LogP contribution in [0.3, 0.4) is 0 Å². The van der Waals surface area contributed by atoms with Crippen LogP contribution in [-0.2, 0) is 14.6 Å². The highest BCUT2D eigenvalue weighted by Crippen LogP contribution is 2.13. The second-order valence-electron chi connectivity index (χ2n) is 4.13. The lowest BCUT2D eigenvalue weighted by Gasteiger charge is -2.14. The molecule has 0 spiro atoms. The first-order valence-corrected chi connectivity index (χ1v) is 7.29. The Morgan fingerprint density at radius 2 is 2.21 bits per heavy atom. The molecule has 0 aliphatic rings. The average molecular weight is 290 g/mol. The number of amides is 1. The van der Waals surface area contributed by atoms with Crippen LogP contribution in [0.2, 0.25) is 0 Å². The van der Waals surface area contributed by atoms with Crippen LogP contribution in [0.1, 0.15) is 20.3 Å². The molecule has 19 heavy (non-hydrogen) atoms. The topological polar surface area (TPSA) is 94.4 Å². The predicted molar refractivity (Wildman–Crippen MR) is 67.4 cm³/mol. The van der Waals surface area contributed by atoms with Crippen LogP contribution in [0.4, 0.5) is 4.79 Å². The fourth-order valence-electron chi connectivity index (χ4n) is 1.29. The van der Waals surface area contributed by atoms with Gasteiger partial charge in [-0.3, -0.25) is 0 Å². The standard InChI is InChI=1S/C10H18N4O4S/c1-5-8(2)19(16,17)9-11-6-14(12-9)10(15)13(3)7-18-4/h6,8H,5,7H2,1-4H3. The van der Waals surface area contributed by atoms with Crippen molar-refractivity contribution in [1.82, 2.24) is 19.7 Å². The van der Waals surface area contributed by atoms with Crippen LogP contribution < -0.4 is 0 Å². The molecule has 0 bridgehead atoms. The first-order valence-electron chi connectivity index (χ1n) is 5.74. The van der Waals surface area contributed by atoms with E-state index >= 15 is 0 Å². The molecule has 0 aromatic carbocycles. The Kier molecular flexibility index (Phi) is 5.01. The van der Waals surface area contributed by atoms with Crippen LogP contribution in [0.5, 0.6) is 0 Å². The van der Waals surface area contributed by atoms with Gasteiger partial charge in [0.15, 0.2) is 0 Å². The van der Waals surface area contributed by atoms with Crippen molar-refractivity contribution in [3.63, 3.8) is 0 Å². The summed E-state index contributed by atoms with van der Waals surface area (Å²) in [6.07, 6.45) is 1.54. The largest absolute Gasteiger partial charge is 0.364 e. The summed E-state index contributed by atoms with van der Waals surface area (Å²) < 4.78 is 29.7. The molecule has 1 heterocycles. The molecule has 0 saturated heterocycles. The van der Waals surface area contributed by atoms with Crippen molar-refractivity contribution in [2.45, 2.75) is 30.7 Å². The van der Waals surface area contributed by atoms with Gasteiger partial charge in [0.1, 0.15) is 13.1 Å². The van der Waals surface area contributed by atoms with E-state index in [-0.39, 0.29) is 11.9 Å². The number of carbonyl (C=O) groups excluding carboxylic acids is 1. The number of rotatable bonds is 5. The third-order valence-electron chi connectivity index (χ3n) is 2.68. The number of aromatic nitrogens is 3. The molecule has 0 N–H and O–H groups in total. The van der Waals surface area contributed by atoms with Gasteiger partial charge in [-0.05, 0) is 13.3 Å².